The first kappa shape index (κ1) is 28.5. The Balaban J connectivity index is 1.50. The van der Waals surface area contributed by atoms with Crippen LogP contribution in [0.3, 0.4) is 0 Å². The third kappa shape index (κ3) is 6.38. The number of aryl methyl sites for hydroxylation is 2. The normalized spacial score (nSPS) is 11.3. The number of nitrogens with zero attached hydrogens (tertiary/aromatic N) is 3. The van der Waals surface area contributed by atoms with E-state index in [1.54, 1.807) is 25.1 Å². The number of pyridine rings is 1. The number of aromatic nitrogens is 1. The number of alkyl halides is 2. The Morgan fingerprint density at radius 2 is 2.10 bits per heavy atom. The minimum atomic E-state index is -2.74. The molecule has 1 amide bonds. The quantitative estimate of drug-likeness (QED) is 0.124. The number of hydrogen-bond donors (Lipinski definition) is 1. The number of rotatable bonds is 9. The van der Waals surface area contributed by atoms with Crippen molar-refractivity contribution in [3.05, 3.63) is 85.9 Å². The molecule has 1 N–H and O–H groups in total. The molecule has 2 aromatic carbocycles. The summed E-state index contributed by atoms with van der Waals surface area (Å²) in [7, 11) is 1.52. The van der Waals surface area contributed by atoms with Gasteiger partial charge in [0.2, 0.25) is 0 Å². The summed E-state index contributed by atoms with van der Waals surface area (Å²) >= 11 is 8.94. The lowest BCUT2D eigenvalue weighted by Gasteiger charge is -2.11. The lowest BCUT2D eigenvalue weighted by Crippen LogP contribution is -2.16. The Bertz CT molecular complexity index is 1620. The summed E-state index contributed by atoms with van der Waals surface area (Å²) in [5.74, 6) is 0.471. The summed E-state index contributed by atoms with van der Waals surface area (Å²) < 4.78 is 32.9. The predicted octanol–water partition coefficient (Wildman–Crippen LogP) is 7.69. The van der Waals surface area contributed by atoms with Crippen molar-refractivity contribution < 1.29 is 18.3 Å². The standard InChI is InChI=1S/C28H23ClF2N4O2S2/c1-4-16-5-7-19-23(11-16)39-25(24(19)29)27(36)35-33-13-17-6-8-22(37-3)18(10-17)14-38-28-20(12-32)15(2)9-21(34-28)26(30)31/h5-11,13,26H,4,14H2,1-3H3,(H,35,36)/b33-13-. The van der Waals surface area contributed by atoms with Crippen molar-refractivity contribution in [3.8, 4) is 11.8 Å². The maximum Gasteiger partial charge on any atom is 0.283 e. The number of halogens is 3. The third-order valence-electron chi connectivity index (χ3n) is 5.90. The number of thiophene rings is 1. The van der Waals surface area contributed by atoms with E-state index in [0.717, 1.165) is 27.6 Å². The van der Waals surface area contributed by atoms with Gasteiger partial charge in [0.05, 0.1) is 23.9 Å². The Morgan fingerprint density at radius 1 is 1.31 bits per heavy atom. The third-order valence-corrected chi connectivity index (χ3v) is 8.58. The van der Waals surface area contributed by atoms with Crippen LogP contribution in [0.1, 0.15) is 56.5 Å². The van der Waals surface area contributed by atoms with Crippen molar-refractivity contribution in [2.75, 3.05) is 7.11 Å². The number of benzene rings is 2. The smallest absolute Gasteiger partial charge is 0.283 e. The van der Waals surface area contributed by atoms with E-state index < -0.39 is 12.3 Å². The molecule has 2 heterocycles. The molecule has 0 saturated heterocycles. The van der Waals surface area contributed by atoms with Crippen LogP contribution >= 0.6 is 34.7 Å². The second kappa shape index (κ2) is 12.6. The fourth-order valence-corrected chi connectivity index (χ4v) is 6.36. The van der Waals surface area contributed by atoms with Gasteiger partial charge in [-0.05, 0) is 60.4 Å². The zero-order valence-corrected chi connectivity index (χ0v) is 23.6. The molecule has 0 unspecified atom stereocenters. The molecule has 0 bridgehead atoms. The van der Waals surface area contributed by atoms with Gasteiger partial charge in [0, 0.05) is 21.4 Å². The molecule has 0 aliphatic heterocycles. The van der Waals surface area contributed by atoms with Crippen molar-refractivity contribution in [2.45, 2.75) is 37.5 Å². The van der Waals surface area contributed by atoms with E-state index in [0.29, 0.717) is 32.5 Å². The Hall–Kier alpha value is -3.52. The van der Waals surface area contributed by atoms with Gasteiger partial charge in [-0.1, -0.05) is 30.7 Å². The lowest BCUT2D eigenvalue weighted by atomic mass is 10.1. The maximum atomic E-state index is 13.3. The highest BCUT2D eigenvalue weighted by atomic mass is 35.5. The zero-order valence-electron chi connectivity index (χ0n) is 21.2. The molecule has 4 rings (SSSR count). The summed E-state index contributed by atoms with van der Waals surface area (Å²) in [5, 5.41) is 15.0. The van der Waals surface area contributed by atoms with Crippen molar-refractivity contribution in [1.82, 2.24) is 10.4 Å². The molecule has 4 aromatic rings. The van der Waals surface area contributed by atoms with Crippen molar-refractivity contribution >= 4 is 56.9 Å². The number of ether oxygens (including phenoxy) is 1. The Kier molecular flexibility index (Phi) is 9.17. The van der Waals surface area contributed by atoms with E-state index >= 15 is 0 Å². The molecular formula is C28H23ClF2N4O2S2. The molecule has 2 aromatic heterocycles. The van der Waals surface area contributed by atoms with Gasteiger partial charge >= 0.3 is 0 Å². The number of fused-ring (bicyclic) bond motifs is 1. The van der Waals surface area contributed by atoms with Gasteiger partial charge in [-0.2, -0.15) is 10.4 Å². The molecule has 11 heteroatoms. The largest absolute Gasteiger partial charge is 0.496 e. The maximum absolute atomic E-state index is 13.3. The fraction of sp³-hybridized carbons (Fsp3) is 0.214. The average Bonchev–Trinajstić information content (AvgIpc) is 3.27. The molecule has 0 aliphatic carbocycles. The van der Waals surface area contributed by atoms with Gasteiger partial charge < -0.3 is 4.74 Å². The lowest BCUT2D eigenvalue weighted by molar-refractivity contribution is 0.0959. The van der Waals surface area contributed by atoms with E-state index in [2.05, 4.69) is 22.4 Å². The topological polar surface area (TPSA) is 87.4 Å². The van der Waals surface area contributed by atoms with Crippen LogP contribution in [0.25, 0.3) is 10.1 Å². The summed E-state index contributed by atoms with van der Waals surface area (Å²) in [4.78, 5) is 17.1. The summed E-state index contributed by atoms with van der Waals surface area (Å²) in [6.07, 6.45) is -0.365. The molecular weight excluding hydrogens is 562 g/mol. The number of methoxy groups -OCH3 is 1. The van der Waals surface area contributed by atoms with Crippen LogP contribution in [0, 0.1) is 18.3 Å². The fourth-order valence-electron chi connectivity index (χ4n) is 3.85. The highest BCUT2D eigenvalue weighted by Gasteiger charge is 2.18. The number of carbonyl (C=O) groups excluding carboxylic acids is 1. The van der Waals surface area contributed by atoms with E-state index in [1.807, 2.05) is 24.3 Å². The number of amides is 1. The monoisotopic (exact) mass is 584 g/mol. The van der Waals surface area contributed by atoms with E-state index in [-0.39, 0.29) is 16.3 Å². The first-order chi connectivity index (χ1) is 18.7. The van der Waals surface area contributed by atoms with Gasteiger partial charge in [0.15, 0.2) is 0 Å². The van der Waals surface area contributed by atoms with E-state index in [9.17, 15) is 18.8 Å². The molecule has 0 saturated carbocycles. The first-order valence-electron chi connectivity index (χ1n) is 11.8. The van der Waals surface area contributed by atoms with Crippen molar-refractivity contribution in [3.63, 3.8) is 0 Å². The van der Waals surface area contributed by atoms with Crippen LogP contribution in [-0.2, 0) is 12.2 Å². The van der Waals surface area contributed by atoms with Crippen LogP contribution in [-0.4, -0.2) is 24.2 Å². The number of carbonyl (C=O) groups is 1. The molecule has 200 valence electrons. The highest BCUT2D eigenvalue weighted by Crippen LogP contribution is 2.36. The molecule has 0 fully saturated rings. The second-order valence-electron chi connectivity index (χ2n) is 8.44. The minimum Gasteiger partial charge on any atom is -0.496 e. The van der Waals surface area contributed by atoms with E-state index in [1.165, 1.54) is 42.5 Å². The number of nitriles is 1. The molecule has 0 spiro atoms. The van der Waals surface area contributed by atoms with Crippen molar-refractivity contribution in [2.24, 2.45) is 5.10 Å². The second-order valence-corrected chi connectivity index (χ2v) is 10.8. The van der Waals surface area contributed by atoms with Gasteiger partial charge in [-0.25, -0.2) is 19.2 Å². The summed E-state index contributed by atoms with van der Waals surface area (Å²) in [6.45, 7) is 3.67. The van der Waals surface area contributed by atoms with Gasteiger partial charge in [0.25, 0.3) is 12.3 Å². The predicted molar refractivity (Wildman–Crippen MR) is 152 cm³/mol. The first-order valence-corrected chi connectivity index (χ1v) is 14.0. The van der Waals surface area contributed by atoms with Crippen LogP contribution in [0.2, 0.25) is 5.02 Å². The van der Waals surface area contributed by atoms with Crippen molar-refractivity contribution in [1.29, 1.82) is 5.26 Å². The van der Waals surface area contributed by atoms with Crippen LogP contribution in [0.15, 0.2) is 52.6 Å². The molecule has 0 atom stereocenters. The zero-order chi connectivity index (χ0) is 28.1. The van der Waals surface area contributed by atoms with Gasteiger partial charge in [0.1, 0.15) is 27.4 Å². The Labute approximate surface area is 237 Å². The van der Waals surface area contributed by atoms with Crippen LogP contribution in [0.4, 0.5) is 8.78 Å². The number of hydrogen-bond acceptors (Lipinski definition) is 7. The average molecular weight is 585 g/mol. The minimum absolute atomic E-state index is 0.229. The van der Waals surface area contributed by atoms with Gasteiger partial charge in [-0.15, -0.1) is 23.1 Å². The molecule has 39 heavy (non-hydrogen) atoms. The SMILES string of the molecule is CCc1ccc2c(Cl)c(C(=O)N/N=C\c3ccc(OC)c(CSc4nc(C(F)F)cc(C)c4C#N)c3)sc2c1. The Morgan fingerprint density at radius 3 is 2.79 bits per heavy atom. The molecule has 6 nitrogen and oxygen atoms in total. The van der Waals surface area contributed by atoms with Crippen LogP contribution < -0.4 is 10.2 Å². The summed E-state index contributed by atoms with van der Waals surface area (Å²) in [6, 6.07) is 14.5. The summed E-state index contributed by atoms with van der Waals surface area (Å²) in [5.41, 5.74) is 5.43. The van der Waals surface area contributed by atoms with Gasteiger partial charge in [-0.3, -0.25) is 4.79 Å². The van der Waals surface area contributed by atoms with Crippen LogP contribution in [0.5, 0.6) is 5.75 Å². The van der Waals surface area contributed by atoms with E-state index in [4.69, 9.17) is 16.3 Å². The number of nitrogens with one attached hydrogen (secondary N) is 1. The molecule has 0 radical (unpaired) electrons. The number of hydrazone groups is 1. The number of thioether (sulfide) groups is 1. The highest BCUT2D eigenvalue weighted by molar-refractivity contribution is 7.98. The molecule has 0 aliphatic rings.